The molecule has 6 N–H and O–H groups in total. The van der Waals surface area contributed by atoms with Gasteiger partial charge in [0.2, 0.25) is 0 Å². The number of nitrogen functional groups attached to an aromatic ring is 3. The van der Waals surface area contributed by atoms with E-state index in [1.165, 1.54) is 35.7 Å². The Balaban J connectivity index is 0.909. The molecule has 0 aromatic heterocycles. The molecule has 2 fully saturated rings. The van der Waals surface area contributed by atoms with Gasteiger partial charge in [0.1, 0.15) is 23.0 Å². The number of thioether (sulfide) groups is 2. The second-order valence-corrected chi connectivity index (χ2v) is 21.1. The van der Waals surface area contributed by atoms with Crippen molar-refractivity contribution in [3.05, 3.63) is 191 Å². The largest absolute Gasteiger partial charge is 0.457 e. The molecule has 5 aliphatic rings. The molecule has 70 heavy (non-hydrogen) atoms. The lowest BCUT2D eigenvalue weighted by Gasteiger charge is -2.47. The molecular weight excluding hydrogens is 943 g/mol. The predicted molar refractivity (Wildman–Crippen MR) is 271 cm³/mol. The van der Waals surface area contributed by atoms with E-state index < -0.39 is 38.4 Å². The highest BCUT2D eigenvalue weighted by molar-refractivity contribution is 8.14. The van der Waals surface area contributed by atoms with Gasteiger partial charge in [0.25, 0.3) is 0 Å². The first-order chi connectivity index (χ1) is 33.3. The van der Waals surface area contributed by atoms with Crippen molar-refractivity contribution in [3.8, 4) is 23.0 Å². The zero-order valence-corrected chi connectivity index (χ0v) is 39.2. The third kappa shape index (κ3) is 7.24. The summed E-state index contributed by atoms with van der Waals surface area (Å²) >= 11 is 2.44. The quantitative estimate of drug-likeness (QED) is 0.0958. The van der Waals surface area contributed by atoms with E-state index in [1.807, 2.05) is 72.8 Å². The van der Waals surface area contributed by atoms with E-state index in [9.17, 15) is 0 Å². The fourth-order valence-electron chi connectivity index (χ4n) is 9.71. The minimum absolute atomic E-state index is 0.225. The van der Waals surface area contributed by atoms with Crippen molar-refractivity contribution in [3.63, 3.8) is 0 Å². The van der Waals surface area contributed by atoms with E-state index in [-0.39, 0.29) is 11.1 Å². The van der Waals surface area contributed by atoms with Crippen LogP contribution in [0.1, 0.15) is 25.0 Å². The molecule has 356 valence electrons. The van der Waals surface area contributed by atoms with Crippen LogP contribution >= 0.6 is 23.5 Å². The second kappa shape index (κ2) is 16.3. The Bertz CT molecular complexity index is 3070. The SMILES string of the molecule is CC12SC(c3ccc(N)cc3)=CC1=C1C(=C3C=C(c4ccc(N5CN(c6ccc(Oc7ccc(N)cc7)cc6)CN(c6ccc(Oc7ccc(N)cc7)cc6)C5)cc4)SC32C)C(F)(F)C(F)(F)C1(F)F. The van der Waals surface area contributed by atoms with Crippen LogP contribution in [0.5, 0.6) is 23.0 Å². The van der Waals surface area contributed by atoms with Crippen molar-refractivity contribution in [2.75, 3.05) is 51.9 Å². The number of fused-ring (bicyclic) bond motifs is 4. The maximum Gasteiger partial charge on any atom is 0.380 e. The minimum Gasteiger partial charge on any atom is -0.457 e. The third-order valence-electron chi connectivity index (χ3n) is 13.7. The first kappa shape index (κ1) is 45.4. The zero-order chi connectivity index (χ0) is 49.0. The minimum atomic E-state index is -5.65. The van der Waals surface area contributed by atoms with Gasteiger partial charge in [-0.15, -0.1) is 23.5 Å². The summed E-state index contributed by atoms with van der Waals surface area (Å²) in [6.45, 7) is 4.86. The summed E-state index contributed by atoms with van der Waals surface area (Å²) in [5.74, 6) is -13.3. The van der Waals surface area contributed by atoms with Gasteiger partial charge in [0, 0.05) is 55.1 Å². The molecule has 1 saturated carbocycles. The van der Waals surface area contributed by atoms with E-state index in [4.69, 9.17) is 26.7 Å². The number of halogens is 6. The van der Waals surface area contributed by atoms with Crippen molar-refractivity contribution in [1.82, 2.24) is 0 Å². The number of allylic oxidation sites excluding steroid dienone is 4. The van der Waals surface area contributed by atoms with Gasteiger partial charge in [-0.05, 0) is 170 Å². The summed E-state index contributed by atoms with van der Waals surface area (Å²) in [4.78, 5) is 7.59. The number of alkyl halides is 6. The lowest BCUT2D eigenvalue weighted by atomic mass is 9.71. The van der Waals surface area contributed by atoms with Crippen LogP contribution in [0.3, 0.4) is 0 Å². The molecule has 11 rings (SSSR count). The van der Waals surface area contributed by atoms with Gasteiger partial charge in [0.05, 0.1) is 29.5 Å². The van der Waals surface area contributed by atoms with Gasteiger partial charge in [-0.2, -0.15) is 26.3 Å². The van der Waals surface area contributed by atoms with E-state index in [1.54, 1.807) is 86.6 Å². The smallest absolute Gasteiger partial charge is 0.380 e. The highest BCUT2D eigenvalue weighted by Gasteiger charge is 2.84. The van der Waals surface area contributed by atoms with Crippen molar-refractivity contribution in [2.24, 2.45) is 0 Å². The Labute approximate surface area is 408 Å². The summed E-state index contributed by atoms with van der Waals surface area (Å²) in [6.07, 6.45) is 2.79. The number of anilines is 6. The fourth-order valence-corrected chi connectivity index (χ4v) is 12.9. The lowest BCUT2D eigenvalue weighted by Crippen LogP contribution is -2.55. The Morgan fingerprint density at radius 1 is 0.414 bits per heavy atom. The molecule has 3 heterocycles. The average molecular weight is 987 g/mol. The summed E-state index contributed by atoms with van der Waals surface area (Å²) in [5, 5.41) is 0. The second-order valence-electron chi connectivity index (χ2n) is 18.1. The van der Waals surface area contributed by atoms with Crippen LogP contribution in [-0.4, -0.2) is 47.3 Å². The van der Waals surface area contributed by atoms with Crippen LogP contribution in [0.2, 0.25) is 0 Å². The fraction of sp³-hybridized carbons (Fsp3) is 0.185. The number of nitrogens with two attached hydrogens (primary N) is 3. The molecule has 16 heteroatoms. The van der Waals surface area contributed by atoms with E-state index in [2.05, 4.69) is 14.7 Å². The molecule has 0 spiro atoms. The average Bonchev–Trinajstić information content (AvgIpc) is 3.94. The van der Waals surface area contributed by atoms with E-state index >= 15 is 26.3 Å². The van der Waals surface area contributed by atoms with E-state index in [0.29, 0.717) is 81.0 Å². The maximum absolute atomic E-state index is 16.1. The van der Waals surface area contributed by atoms with Gasteiger partial charge in [-0.25, -0.2) is 0 Å². The van der Waals surface area contributed by atoms with Crippen molar-refractivity contribution in [1.29, 1.82) is 0 Å². The zero-order valence-electron chi connectivity index (χ0n) is 37.6. The highest BCUT2D eigenvalue weighted by atomic mass is 32.2. The van der Waals surface area contributed by atoms with Crippen LogP contribution in [0.25, 0.3) is 9.81 Å². The lowest BCUT2D eigenvalue weighted by molar-refractivity contribution is -0.258. The number of benzene rings is 6. The Kier molecular flexibility index (Phi) is 10.6. The molecule has 2 aliphatic carbocycles. The van der Waals surface area contributed by atoms with Crippen LogP contribution in [0, 0.1) is 0 Å². The first-order valence-electron chi connectivity index (χ1n) is 22.3. The Hall–Kier alpha value is -7.04. The number of nitrogens with zero attached hydrogens (tertiary/aromatic N) is 3. The molecule has 0 radical (unpaired) electrons. The van der Waals surface area contributed by atoms with Crippen LogP contribution in [-0.2, 0) is 0 Å². The number of rotatable bonds is 9. The summed E-state index contributed by atoms with van der Waals surface area (Å²) in [6, 6.07) is 44.1. The van der Waals surface area contributed by atoms with Crippen molar-refractivity contribution in [2.45, 2.75) is 41.1 Å². The number of hydrogen-bond acceptors (Lipinski definition) is 10. The van der Waals surface area contributed by atoms with Gasteiger partial charge in [-0.3, -0.25) is 0 Å². The monoisotopic (exact) mass is 986 g/mol. The van der Waals surface area contributed by atoms with Gasteiger partial charge < -0.3 is 41.4 Å². The molecule has 6 aromatic rings. The Morgan fingerprint density at radius 3 is 1.01 bits per heavy atom. The van der Waals surface area contributed by atoms with Crippen molar-refractivity contribution < 1.29 is 35.8 Å². The van der Waals surface area contributed by atoms with Crippen LogP contribution < -0.4 is 41.4 Å². The molecule has 2 unspecified atom stereocenters. The standard InChI is InChI=1S/C54H44F6N6O2S2/c1-50-44(27-46(69-50)32-3-7-34(61)8-4-32)48-49(53(57,58)54(59,60)52(48,55)56)45-28-47(70-51(45,50)2)33-5-13-37(14-6-33)64-29-65(38-15-23-42(24-16-38)67-40-19-9-35(62)10-20-40)31-66(30-64)39-17-25-43(26-18-39)68-41-21-11-36(63)12-22-41/h3-28H,29-31,61-63H2,1-2H3. The molecule has 2 atom stereocenters. The van der Waals surface area contributed by atoms with Crippen molar-refractivity contribution >= 4 is 67.5 Å². The van der Waals surface area contributed by atoms with Crippen LogP contribution in [0.15, 0.2) is 180 Å². The van der Waals surface area contributed by atoms with Gasteiger partial charge in [0.15, 0.2) is 0 Å². The normalized spacial score (nSPS) is 22.9. The summed E-state index contributed by atoms with van der Waals surface area (Å²) in [7, 11) is 0. The van der Waals surface area contributed by atoms with Gasteiger partial charge >= 0.3 is 17.8 Å². The molecule has 0 amide bonds. The molecule has 0 bridgehead atoms. The number of ether oxygens (including phenoxy) is 2. The highest BCUT2D eigenvalue weighted by Crippen LogP contribution is 2.75. The first-order valence-corrected chi connectivity index (χ1v) is 23.9. The predicted octanol–water partition coefficient (Wildman–Crippen LogP) is 13.6. The molecule has 1 saturated heterocycles. The molecular formula is C54H44F6N6O2S2. The maximum atomic E-state index is 16.1. The summed E-state index contributed by atoms with van der Waals surface area (Å²) in [5.41, 5.74) is 20.3. The number of hydrogen-bond donors (Lipinski definition) is 3. The summed E-state index contributed by atoms with van der Waals surface area (Å²) < 4.78 is 105. The third-order valence-corrected chi connectivity index (χ3v) is 17.0. The van der Waals surface area contributed by atoms with E-state index in [0.717, 1.165) is 17.1 Å². The van der Waals surface area contributed by atoms with Crippen LogP contribution in [0.4, 0.5) is 60.5 Å². The van der Waals surface area contributed by atoms with Gasteiger partial charge in [-0.1, -0.05) is 24.3 Å². The molecule has 6 aromatic carbocycles. The Morgan fingerprint density at radius 2 is 0.686 bits per heavy atom. The molecule has 8 nitrogen and oxygen atoms in total. The molecule has 3 aliphatic heterocycles. The topological polar surface area (TPSA) is 106 Å².